The van der Waals surface area contributed by atoms with Crippen molar-refractivity contribution < 1.29 is 19.4 Å². The summed E-state index contributed by atoms with van der Waals surface area (Å²) in [7, 11) is 0. The Morgan fingerprint density at radius 1 is 0.963 bits per heavy atom. The monoisotopic (exact) mass is 364 g/mol. The maximum absolute atomic E-state index is 11.1. The van der Waals surface area contributed by atoms with Gasteiger partial charge in [0, 0.05) is 18.7 Å². The van der Waals surface area contributed by atoms with Gasteiger partial charge in [-0.15, -0.1) is 0 Å². The summed E-state index contributed by atoms with van der Waals surface area (Å²) in [4.78, 5) is 22.0. The molecule has 0 fully saturated rings. The molecule has 0 saturated heterocycles. The number of nitrogens with two attached hydrogens (primary N) is 1. The molecule has 138 valence electrons. The standard InChI is InChI=1S/C21H20N2O4/c22-20(24)13-27-19-10-9-15-3-1-2-4-17(15)18(19)12-23-11-14-5-7-16(8-6-14)21(25)26/h1-10,23H,11-13H2,(H2,22,24)(H,25,26). The predicted molar refractivity (Wildman–Crippen MR) is 103 cm³/mol. The van der Waals surface area contributed by atoms with Gasteiger partial charge in [-0.05, 0) is 34.5 Å². The lowest BCUT2D eigenvalue weighted by Gasteiger charge is -2.14. The van der Waals surface area contributed by atoms with Crippen LogP contribution in [-0.2, 0) is 17.9 Å². The van der Waals surface area contributed by atoms with Crippen LogP contribution in [0.3, 0.4) is 0 Å². The fourth-order valence-electron chi connectivity index (χ4n) is 2.88. The van der Waals surface area contributed by atoms with Crippen molar-refractivity contribution in [3.63, 3.8) is 0 Å². The van der Waals surface area contributed by atoms with Gasteiger partial charge < -0.3 is 20.9 Å². The average Bonchev–Trinajstić information content (AvgIpc) is 2.67. The summed E-state index contributed by atoms with van der Waals surface area (Å²) in [6.45, 7) is 0.913. The topological polar surface area (TPSA) is 102 Å². The largest absolute Gasteiger partial charge is 0.483 e. The normalized spacial score (nSPS) is 10.7. The number of rotatable bonds is 8. The molecule has 1 amide bonds. The molecule has 0 aliphatic carbocycles. The van der Waals surface area contributed by atoms with Crippen molar-refractivity contribution >= 4 is 22.6 Å². The fraction of sp³-hybridized carbons (Fsp3) is 0.143. The van der Waals surface area contributed by atoms with Crippen LogP contribution in [0.25, 0.3) is 10.8 Å². The van der Waals surface area contributed by atoms with E-state index in [-0.39, 0.29) is 12.2 Å². The second-order valence-electron chi connectivity index (χ2n) is 6.12. The van der Waals surface area contributed by atoms with E-state index < -0.39 is 11.9 Å². The molecule has 3 rings (SSSR count). The molecule has 0 heterocycles. The molecule has 4 N–H and O–H groups in total. The second kappa shape index (κ2) is 8.33. The van der Waals surface area contributed by atoms with Crippen molar-refractivity contribution in [2.45, 2.75) is 13.1 Å². The van der Waals surface area contributed by atoms with Gasteiger partial charge in [0.15, 0.2) is 6.61 Å². The van der Waals surface area contributed by atoms with Crippen molar-refractivity contribution in [2.75, 3.05) is 6.61 Å². The third kappa shape index (κ3) is 4.62. The Morgan fingerprint density at radius 3 is 2.41 bits per heavy atom. The maximum Gasteiger partial charge on any atom is 0.335 e. The lowest BCUT2D eigenvalue weighted by molar-refractivity contribution is -0.119. The van der Waals surface area contributed by atoms with E-state index in [1.165, 1.54) is 0 Å². The summed E-state index contributed by atoms with van der Waals surface area (Å²) in [6.07, 6.45) is 0. The number of carboxylic acids is 1. The van der Waals surface area contributed by atoms with Crippen molar-refractivity contribution in [2.24, 2.45) is 5.73 Å². The molecule has 27 heavy (non-hydrogen) atoms. The Bertz CT molecular complexity index is 968. The van der Waals surface area contributed by atoms with E-state index in [4.69, 9.17) is 15.6 Å². The molecular formula is C21H20N2O4. The molecule has 0 atom stereocenters. The van der Waals surface area contributed by atoms with Gasteiger partial charge >= 0.3 is 5.97 Å². The first kappa shape index (κ1) is 18.4. The number of aromatic carboxylic acids is 1. The Labute approximate surface area is 156 Å². The van der Waals surface area contributed by atoms with Gasteiger partial charge in [0.2, 0.25) is 0 Å². The molecule has 0 aliphatic rings. The number of carbonyl (C=O) groups is 2. The molecule has 0 radical (unpaired) electrons. The van der Waals surface area contributed by atoms with Crippen LogP contribution in [0.2, 0.25) is 0 Å². The quantitative estimate of drug-likeness (QED) is 0.570. The Morgan fingerprint density at radius 2 is 1.70 bits per heavy atom. The molecule has 6 heteroatoms. The summed E-state index contributed by atoms with van der Waals surface area (Å²) in [5.74, 6) is -0.858. The third-order valence-electron chi connectivity index (χ3n) is 4.20. The molecule has 0 saturated carbocycles. The minimum Gasteiger partial charge on any atom is -0.483 e. The van der Waals surface area contributed by atoms with Crippen LogP contribution >= 0.6 is 0 Å². The van der Waals surface area contributed by atoms with Crippen LogP contribution in [0.5, 0.6) is 5.75 Å². The zero-order chi connectivity index (χ0) is 19.2. The summed E-state index contributed by atoms with van der Waals surface area (Å²) < 4.78 is 5.57. The molecule has 0 aliphatic heterocycles. The number of hydrogen-bond acceptors (Lipinski definition) is 4. The van der Waals surface area contributed by atoms with Crippen molar-refractivity contribution in [3.05, 3.63) is 77.4 Å². The lowest BCUT2D eigenvalue weighted by atomic mass is 10.0. The Kier molecular flexibility index (Phi) is 5.68. The van der Waals surface area contributed by atoms with E-state index in [0.29, 0.717) is 18.8 Å². The van der Waals surface area contributed by atoms with Gasteiger partial charge in [-0.3, -0.25) is 4.79 Å². The molecule has 3 aromatic carbocycles. The number of carbonyl (C=O) groups excluding carboxylic acids is 1. The number of nitrogens with one attached hydrogen (secondary N) is 1. The zero-order valence-electron chi connectivity index (χ0n) is 14.6. The van der Waals surface area contributed by atoms with Gasteiger partial charge in [-0.1, -0.05) is 42.5 Å². The van der Waals surface area contributed by atoms with Crippen molar-refractivity contribution in [1.29, 1.82) is 0 Å². The predicted octanol–water partition coefficient (Wildman–Crippen LogP) is 2.69. The molecule has 6 nitrogen and oxygen atoms in total. The number of benzene rings is 3. The van der Waals surface area contributed by atoms with Crippen LogP contribution in [0.15, 0.2) is 60.7 Å². The summed E-state index contributed by atoms with van der Waals surface area (Å²) in [5, 5.41) is 14.4. The fourth-order valence-corrected chi connectivity index (χ4v) is 2.88. The first-order valence-electron chi connectivity index (χ1n) is 8.49. The third-order valence-corrected chi connectivity index (χ3v) is 4.20. The zero-order valence-corrected chi connectivity index (χ0v) is 14.6. The van der Waals surface area contributed by atoms with Gasteiger partial charge in [0.05, 0.1) is 5.56 Å². The van der Waals surface area contributed by atoms with Crippen LogP contribution in [0.1, 0.15) is 21.5 Å². The van der Waals surface area contributed by atoms with E-state index in [9.17, 15) is 9.59 Å². The number of fused-ring (bicyclic) bond motifs is 1. The number of hydrogen-bond donors (Lipinski definition) is 3. The molecule has 0 spiro atoms. The highest BCUT2D eigenvalue weighted by Gasteiger charge is 2.10. The van der Waals surface area contributed by atoms with E-state index >= 15 is 0 Å². The van der Waals surface area contributed by atoms with Crippen LogP contribution in [0.4, 0.5) is 0 Å². The lowest BCUT2D eigenvalue weighted by Crippen LogP contribution is -2.21. The van der Waals surface area contributed by atoms with Crippen molar-refractivity contribution in [1.82, 2.24) is 5.32 Å². The first-order chi connectivity index (χ1) is 13.0. The Hall–Kier alpha value is -3.38. The maximum atomic E-state index is 11.1. The Balaban J connectivity index is 1.76. The molecule has 3 aromatic rings. The molecule has 0 unspecified atom stereocenters. The number of ether oxygens (including phenoxy) is 1. The van der Waals surface area contributed by atoms with Crippen molar-refractivity contribution in [3.8, 4) is 5.75 Å². The second-order valence-corrected chi connectivity index (χ2v) is 6.12. The van der Waals surface area contributed by atoms with Gasteiger partial charge in [-0.2, -0.15) is 0 Å². The van der Waals surface area contributed by atoms with E-state index in [1.807, 2.05) is 36.4 Å². The molecule has 0 bridgehead atoms. The van der Waals surface area contributed by atoms with Crippen LogP contribution in [0, 0.1) is 0 Å². The molecular weight excluding hydrogens is 344 g/mol. The molecule has 0 aromatic heterocycles. The smallest absolute Gasteiger partial charge is 0.335 e. The number of amides is 1. The van der Waals surface area contributed by atoms with E-state index in [2.05, 4.69) is 5.32 Å². The summed E-state index contributed by atoms with van der Waals surface area (Å²) in [5.41, 5.74) is 7.36. The summed E-state index contributed by atoms with van der Waals surface area (Å²) in [6, 6.07) is 18.4. The van der Waals surface area contributed by atoms with Crippen LogP contribution in [-0.4, -0.2) is 23.6 Å². The summed E-state index contributed by atoms with van der Waals surface area (Å²) >= 11 is 0. The van der Waals surface area contributed by atoms with Gasteiger partial charge in [0.1, 0.15) is 5.75 Å². The minimum atomic E-state index is -0.943. The highest BCUT2D eigenvalue weighted by molar-refractivity contribution is 5.88. The highest BCUT2D eigenvalue weighted by atomic mass is 16.5. The minimum absolute atomic E-state index is 0.179. The first-order valence-corrected chi connectivity index (χ1v) is 8.49. The number of carboxylic acid groups (broad SMARTS) is 1. The van der Waals surface area contributed by atoms with E-state index in [1.54, 1.807) is 24.3 Å². The number of primary amides is 1. The van der Waals surface area contributed by atoms with E-state index in [0.717, 1.165) is 21.9 Å². The van der Waals surface area contributed by atoms with Gasteiger partial charge in [0.25, 0.3) is 5.91 Å². The highest BCUT2D eigenvalue weighted by Crippen LogP contribution is 2.28. The van der Waals surface area contributed by atoms with Gasteiger partial charge in [-0.25, -0.2) is 4.79 Å². The SMILES string of the molecule is NC(=O)COc1ccc2ccccc2c1CNCc1ccc(C(=O)O)cc1. The van der Waals surface area contributed by atoms with Crippen LogP contribution < -0.4 is 15.8 Å². The average molecular weight is 364 g/mol.